The summed E-state index contributed by atoms with van der Waals surface area (Å²) in [6.45, 7) is 3.41. The largest absolute Gasteiger partial charge is 0.380 e. The molecular formula is C9H15NO2. The molecule has 1 heterocycles. The molecule has 1 rings (SSSR count). The summed E-state index contributed by atoms with van der Waals surface area (Å²) >= 11 is 0. The van der Waals surface area contributed by atoms with Gasteiger partial charge in [-0.15, -0.1) is 0 Å². The Balaban J connectivity index is 2.41. The number of allylic oxidation sites excluding steroid dienone is 1. The van der Waals surface area contributed by atoms with Gasteiger partial charge in [-0.25, -0.2) is 0 Å². The quantitative estimate of drug-likeness (QED) is 0.572. The first-order valence-corrected chi connectivity index (χ1v) is 4.22. The van der Waals surface area contributed by atoms with Crippen molar-refractivity contribution in [2.45, 2.75) is 19.4 Å². The monoisotopic (exact) mass is 169 g/mol. The van der Waals surface area contributed by atoms with E-state index < -0.39 is 0 Å². The molecular weight excluding hydrogens is 154 g/mol. The van der Waals surface area contributed by atoms with Crippen molar-refractivity contribution in [2.24, 2.45) is 0 Å². The van der Waals surface area contributed by atoms with Gasteiger partial charge in [-0.1, -0.05) is 6.08 Å². The van der Waals surface area contributed by atoms with E-state index in [1.807, 2.05) is 11.8 Å². The van der Waals surface area contributed by atoms with E-state index in [-0.39, 0.29) is 12.0 Å². The minimum Gasteiger partial charge on any atom is -0.380 e. The van der Waals surface area contributed by atoms with E-state index in [1.165, 1.54) is 0 Å². The van der Waals surface area contributed by atoms with Crippen LogP contribution < -0.4 is 0 Å². The van der Waals surface area contributed by atoms with Gasteiger partial charge in [0.1, 0.15) is 0 Å². The first kappa shape index (κ1) is 9.26. The predicted molar refractivity (Wildman–Crippen MR) is 46.8 cm³/mol. The Labute approximate surface area is 73.0 Å². The number of likely N-dealkylation sites (tertiary alicyclic amines) is 1. The van der Waals surface area contributed by atoms with Gasteiger partial charge in [0.15, 0.2) is 0 Å². The van der Waals surface area contributed by atoms with Crippen molar-refractivity contribution >= 4 is 5.91 Å². The summed E-state index contributed by atoms with van der Waals surface area (Å²) in [6, 6.07) is 0. The van der Waals surface area contributed by atoms with Crippen LogP contribution in [0.3, 0.4) is 0 Å². The third kappa shape index (κ3) is 2.08. The van der Waals surface area contributed by atoms with Gasteiger partial charge in [0.05, 0.1) is 6.10 Å². The van der Waals surface area contributed by atoms with Crippen LogP contribution in [0, 0.1) is 0 Å². The molecule has 68 valence electrons. The van der Waals surface area contributed by atoms with Crippen LogP contribution in [0.5, 0.6) is 0 Å². The average molecular weight is 169 g/mol. The molecule has 0 radical (unpaired) electrons. The Kier molecular flexibility index (Phi) is 3.29. The molecule has 0 unspecified atom stereocenters. The molecule has 3 heteroatoms. The maximum atomic E-state index is 11.3. The molecule has 3 nitrogen and oxygen atoms in total. The molecule has 0 spiro atoms. The number of methoxy groups -OCH3 is 1. The van der Waals surface area contributed by atoms with Crippen LogP contribution in [-0.2, 0) is 9.53 Å². The van der Waals surface area contributed by atoms with Crippen LogP contribution in [0.25, 0.3) is 0 Å². The number of carbonyl (C=O) groups is 1. The molecule has 1 fully saturated rings. The molecule has 0 aliphatic carbocycles. The molecule has 1 saturated heterocycles. The van der Waals surface area contributed by atoms with Crippen LogP contribution in [-0.4, -0.2) is 37.1 Å². The standard InChI is InChI=1S/C9H15NO2/c1-3-4-9(11)10-6-5-8(7-10)12-2/h3-4,8H,5-7H2,1-2H3/b4-3+/t8-/m1/s1. The van der Waals surface area contributed by atoms with Gasteiger partial charge in [0, 0.05) is 20.2 Å². The minimum atomic E-state index is 0.0945. The predicted octanol–water partition coefficient (Wildman–Crippen LogP) is 0.810. The highest BCUT2D eigenvalue weighted by molar-refractivity contribution is 5.87. The lowest BCUT2D eigenvalue weighted by Crippen LogP contribution is -2.28. The Morgan fingerprint density at radius 1 is 1.67 bits per heavy atom. The maximum Gasteiger partial charge on any atom is 0.246 e. The minimum absolute atomic E-state index is 0.0945. The second-order valence-electron chi connectivity index (χ2n) is 2.93. The number of hydrogen-bond acceptors (Lipinski definition) is 2. The van der Waals surface area contributed by atoms with Crippen LogP contribution >= 0.6 is 0 Å². The third-order valence-electron chi connectivity index (χ3n) is 2.10. The highest BCUT2D eigenvalue weighted by Crippen LogP contribution is 2.11. The summed E-state index contributed by atoms with van der Waals surface area (Å²) in [6.07, 6.45) is 4.56. The normalized spacial score (nSPS) is 23.8. The third-order valence-corrected chi connectivity index (χ3v) is 2.10. The summed E-state index contributed by atoms with van der Waals surface area (Å²) in [5, 5.41) is 0. The van der Waals surface area contributed by atoms with Gasteiger partial charge >= 0.3 is 0 Å². The lowest BCUT2D eigenvalue weighted by molar-refractivity contribution is -0.125. The fraction of sp³-hybridized carbons (Fsp3) is 0.667. The zero-order chi connectivity index (χ0) is 8.97. The lowest BCUT2D eigenvalue weighted by atomic mass is 10.3. The molecule has 0 saturated carbocycles. The van der Waals surface area contributed by atoms with E-state index in [4.69, 9.17) is 4.74 Å². The van der Waals surface area contributed by atoms with Crippen LogP contribution in [0.2, 0.25) is 0 Å². The first-order valence-electron chi connectivity index (χ1n) is 4.22. The van der Waals surface area contributed by atoms with Gasteiger partial charge in [-0.3, -0.25) is 4.79 Å². The second-order valence-corrected chi connectivity index (χ2v) is 2.93. The lowest BCUT2D eigenvalue weighted by Gasteiger charge is -2.13. The van der Waals surface area contributed by atoms with E-state index in [1.54, 1.807) is 19.3 Å². The summed E-state index contributed by atoms with van der Waals surface area (Å²) in [4.78, 5) is 13.1. The van der Waals surface area contributed by atoms with Gasteiger partial charge in [-0.2, -0.15) is 0 Å². The molecule has 1 aliphatic heterocycles. The Morgan fingerprint density at radius 3 is 2.92 bits per heavy atom. The molecule has 1 amide bonds. The molecule has 1 atom stereocenters. The van der Waals surface area contributed by atoms with E-state index in [0.717, 1.165) is 19.5 Å². The maximum absolute atomic E-state index is 11.3. The topological polar surface area (TPSA) is 29.5 Å². The fourth-order valence-electron chi connectivity index (χ4n) is 1.37. The van der Waals surface area contributed by atoms with Crippen molar-refractivity contribution in [3.05, 3.63) is 12.2 Å². The van der Waals surface area contributed by atoms with E-state index in [2.05, 4.69) is 0 Å². The van der Waals surface area contributed by atoms with Crippen molar-refractivity contribution in [1.82, 2.24) is 4.90 Å². The van der Waals surface area contributed by atoms with E-state index >= 15 is 0 Å². The Hall–Kier alpha value is -0.830. The molecule has 0 aromatic heterocycles. The van der Waals surface area contributed by atoms with Crippen molar-refractivity contribution in [3.8, 4) is 0 Å². The SMILES string of the molecule is C/C=C/C(=O)N1CC[C@@H](OC)C1. The summed E-state index contributed by atoms with van der Waals surface area (Å²) in [7, 11) is 1.69. The number of ether oxygens (including phenoxy) is 1. The average Bonchev–Trinajstić information content (AvgIpc) is 2.52. The number of rotatable bonds is 2. The number of nitrogens with zero attached hydrogens (tertiary/aromatic N) is 1. The van der Waals surface area contributed by atoms with Gasteiger partial charge in [0.25, 0.3) is 0 Å². The number of hydrogen-bond donors (Lipinski definition) is 0. The molecule has 0 bridgehead atoms. The number of carbonyl (C=O) groups excluding carboxylic acids is 1. The molecule has 0 N–H and O–H groups in total. The van der Waals surface area contributed by atoms with E-state index in [0.29, 0.717) is 0 Å². The van der Waals surface area contributed by atoms with Crippen molar-refractivity contribution < 1.29 is 9.53 Å². The summed E-state index contributed by atoms with van der Waals surface area (Å²) in [5.41, 5.74) is 0. The molecule has 0 aromatic carbocycles. The first-order chi connectivity index (χ1) is 5.77. The highest BCUT2D eigenvalue weighted by atomic mass is 16.5. The van der Waals surface area contributed by atoms with Crippen molar-refractivity contribution in [1.29, 1.82) is 0 Å². The Bertz CT molecular complexity index is 189. The van der Waals surface area contributed by atoms with Crippen LogP contribution in [0.1, 0.15) is 13.3 Å². The van der Waals surface area contributed by atoms with Gasteiger partial charge in [0.2, 0.25) is 5.91 Å². The second kappa shape index (κ2) is 4.26. The van der Waals surface area contributed by atoms with Crippen molar-refractivity contribution in [3.63, 3.8) is 0 Å². The van der Waals surface area contributed by atoms with Crippen molar-refractivity contribution in [2.75, 3.05) is 20.2 Å². The summed E-state index contributed by atoms with van der Waals surface area (Å²) < 4.78 is 5.15. The number of amides is 1. The molecule has 1 aliphatic rings. The zero-order valence-corrected chi connectivity index (χ0v) is 7.62. The fourth-order valence-corrected chi connectivity index (χ4v) is 1.37. The van der Waals surface area contributed by atoms with Gasteiger partial charge in [-0.05, 0) is 19.4 Å². The Morgan fingerprint density at radius 2 is 2.42 bits per heavy atom. The smallest absolute Gasteiger partial charge is 0.246 e. The van der Waals surface area contributed by atoms with Crippen LogP contribution in [0.4, 0.5) is 0 Å². The highest BCUT2D eigenvalue weighted by Gasteiger charge is 2.24. The van der Waals surface area contributed by atoms with Crippen LogP contribution in [0.15, 0.2) is 12.2 Å². The molecule has 12 heavy (non-hydrogen) atoms. The molecule has 0 aromatic rings. The zero-order valence-electron chi connectivity index (χ0n) is 7.62. The van der Waals surface area contributed by atoms with E-state index in [9.17, 15) is 4.79 Å². The van der Waals surface area contributed by atoms with Gasteiger partial charge < -0.3 is 9.64 Å². The summed E-state index contributed by atoms with van der Waals surface area (Å²) in [5.74, 6) is 0.0945.